The summed E-state index contributed by atoms with van der Waals surface area (Å²) in [6.07, 6.45) is 5.67. The largest absolute Gasteiger partial charge is 0.376 e. The second-order valence-electron chi connectivity index (χ2n) is 8.95. The first-order valence-electron chi connectivity index (χ1n) is 11.4. The summed E-state index contributed by atoms with van der Waals surface area (Å²) in [5, 5.41) is 13.7. The summed E-state index contributed by atoms with van der Waals surface area (Å²) in [5.41, 5.74) is 3.80. The highest BCUT2D eigenvalue weighted by atomic mass is 16.5. The summed E-state index contributed by atoms with van der Waals surface area (Å²) >= 11 is 0. The molecule has 2 atom stereocenters. The molecule has 1 aromatic carbocycles. The van der Waals surface area contributed by atoms with E-state index in [1.165, 1.54) is 12.0 Å². The Hall–Kier alpha value is -2.58. The van der Waals surface area contributed by atoms with Gasteiger partial charge in [0.2, 0.25) is 0 Å². The molecular weight excluding hydrogens is 392 g/mol. The lowest BCUT2D eigenvalue weighted by molar-refractivity contribution is 0.0902. The van der Waals surface area contributed by atoms with Crippen molar-refractivity contribution in [3.8, 4) is 0 Å². The number of hydrogen-bond donors (Lipinski definition) is 1. The van der Waals surface area contributed by atoms with Crippen LogP contribution in [0.3, 0.4) is 0 Å². The highest BCUT2D eigenvalue weighted by Gasteiger charge is 2.32. The highest BCUT2D eigenvalue weighted by molar-refractivity contribution is 5.83. The van der Waals surface area contributed by atoms with Crippen molar-refractivity contribution in [3.63, 3.8) is 0 Å². The molecule has 0 unspecified atom stereocenters. The molecule has 0 saturated carbocycles. The fourth-order valence-corrected chi connectivity index (χ4v) is 5.10. The maximum absolute atomic E-state index is 13.3. The zero-order chi connectivity index (χ0) is 21.4. The van der Waals surface area contributed by atoms with E-state index in [4.69, 9.17) is 4.74 Å². The molecule has 0 bridgehead atoms. The molecule has 5 rings (SSSR count). The number of rotatable bonds is 5. The number of piperidine rings is 1. The van der Waals surface area contributed by atoms with E-state index in [-0.39, 0.29) is 17.7 Å². The van der Waals surface area contributed by atoms with Crippen molar-refractivity contribution in [1.82, 2.24) is 30.1 Å². The van der Waals surface area contributed by atoms with Gasteiger partial charge in [-0.25, -0.2) is 4.68 Å². The Kier molecular flexibility index (Phi) is 5.58. The molecule has 2 fully saturated rings. The summed E-state index contributed by atoms with van der Waals surface area (Å²) in [4.78, 5) is 18.8. The van der Waals surface area contributed by atoms with Crippen LogP contribution in [0.25, 0.3) is 10.9 Å². The molecule has 2 aromatic heterocycles. The number of hydrogen-bond acceptors (Lipinski definition) is 6. The number of H-pyrrole nitrogens is 1. The average molecular weight is 423 g/mol. The number of nitrogens with one attached hydrogen (secondary N) is 1. The van der Waals surface area contributed by atoms with E-state index in [2.05, 4.69) is 44.5 Å². The molecular formula is C23H30N6O2. The van der Waals surface area contributed by atoms with Crippen molar-refractivity contribution in [2.24, 2.45) is 0 Å². The van der Waals surface area contributed by atoms with Crippen molar-refractivity contribution < 1.29 is 4.74 Å². The van der Waals surface area contributed by atoms with E-state index in [0.717, 1.165) is 67.7 Å². The smallest absolute Gasteiger partial charge is 0.253 e. The van der Waals surface area contributed by atoms with Gasteiger partial charge in [0.15, 0.2) is 5.82 Å². The Morgan fingerprint density at radius 2 is 2.00 bits per heavy atom. The maximum atomic E-state index is 13.3. The Bertz CT molecular complexity index is 1120. The zero-order valence-electron chi connectivity index (χ0n) is 18.3. The Balaban J connectivity index is 1.62. The van der Waals surface area contributed by atoms with Crippen LogP contribution >= 0.6 is 0 Å². The lowest BCUT2D eigenvalue weighted by Gasteiger charge is -2.33. The molecule has 0 radical (unpaired) electrons. The SMILES string of the molecule is Cc1cc(C)c2[nH]c(=O)c([C@H](c3nnnn3C[C@@H]3CCCO3)N3CCCCC3)cc2c1. The second kappa shape index (κ2) is 8.51. The summed E-state index contributed by atoms with van der Waals surface area (Å²) in [5.74, 6) is 0.728. The second-order valence-corrected chi connectivity index (χ2v) is 8.95. The van der Waals surface area contributed by atoms with Crippen LogP contribution in [0.1, 0.15) is 60.7 Å². The number of fused-ring (bicyclic) bond motifs is 1. The van der Waals surface area contributed by atoms with Crippen molar-refractivity contribution in [1.29, 1.82) is 0 Å². The summed E-state index contributed by atoms with van der Waals surface area (Å²) in [7, 11) is 0. The minimum atomic E-state index is -0.273. The van der Waals surface area contributed by atoms with Crippen LogP contribution in [-0.2, 0) is 11.3 Å². The zero-order valence-corrected chi connectivity index (χ0v) is 18.3. The Labute approximate surface area is 181 Å². The quantitative estimate of drug-likeness (QED) is 0.680. The number of nitrogens with zero attached hydrogens (tertiary/aromatic N) is 5. The third-order valence-corrected chi connectivity index (χ3v) is 6.58. The van der Waals surface area contributed by atoms with Crippen molar-refractivity contribution >= 4 is 10.9 Å². The van der Waals surface area contributed by atoms with E-state index in [9.17, 15) is 4.79 Å². The predicted molar refractivity (Wildman–Crippen MR) is 118 cm³/mol. The maximum Gasteiger partial charge on any atom is 0.253 e. The fraction of sp³-hybridized carbons (Fsp3) is 0.565. The molecule has 2 aliphatic heterocycles. The number of ether oxygens (including phenoxy) is 1. The molecule has 8 heteroatoms. The van der Waals surface area contributed by atoms with Gasteiger partial charge >= 0.3 is 0 Å². The molecule has 3 aromatic rings. The van der Waals surface area contributed by atoms with Crippen LogP contribution in [0.4, 0.5) is 0 Å². The number of pyridine rings is 1. The normalized spacial score (nSPS) is 21.0. The third-order valence-electron chi connectivity index (χ3n) is 6.58. The van der Waals surface area contributed by atoms with E-state index >= 15 is 0 Å². The van der Waals surface area contributed by atoms with E-state index in [1.54, 1.807) is 0 Å². The first-order valence-corrected chi connectivity index (χ1v) is 11.4. The lowest BCUT2D eigenvalue weighted by Crippen LogP contribution is -2.39. The highest BCUT2D eigenvalue weighted by Crippen LogP contribution is 2.30. The van der Waals surface area contributed by atoms with Gasteiger partial charge in [0.25, 0.3) is 5.56 Å². The number of tetrazole rings is 1. The average Bonchev–Trinajstić information content (AvgIpc) is 3.43. The molecule has 164 valence electrons. The van der Waals surface area contributed by atoms with Gasteiger partial charge in [0.05, 0.1) is 18.2 Å². The monoisotopic (exact) mass is 422 g/mol. The Morgan fingerprint density at radius 1 is 1.16 bits per heavy atom. The Morgan fingerprint density at radius 3 is 2.77 bits per heavy atom. The molecule has 8 nitrogen and oxygen atoms in total. The predicted octanol–water partition coefficient (Wildman–Crippen LogP) is 2.89. The van der Waals surface area contributed by atoms with Gasteiger partial charge in [-0.15, -0.1) is 5.10 Å². The van der Waals surface area contributed by atoms with Crippen LogP contribution in [0.2, 0.25) is 0 Å². The number of aromatic nitrogens is 5. The molecule has 0 spiro atoms. The van der Waals surface area contributed by atoms with Gasteiger partial charge in [-0.1, -0.05) is 18.1 Å². The van der Waals surface area contributed by atoms with Gasteiger partial charge in [0.1, 0.15) is 6.04 Å². The number of aryl methyl sites for hydroxylation is 2. The topological polar surface area (TPSA) is 88.9 Å². The fourth-order valence-electron chi connectivity index (χ4n) is 5.10. The molecule has 0 amide bonds. The van der Waals surface area contributed by atoms with Crippen molar-refractivity contribution in [2.45, 2.75) is 64.6 Å². The third kappa shape index (κ3) is 4.02. The van der Waals surface area contributed by atoms with E-state index in [1.807, 2.05) is 17.7 Å². The number of likely N-dealkylation sites (tertiary alicyclic amines) is 1. The van der Waals surface area contributed by atoms with Crippen molar-refractivity contribution in [2.75, 3.05) is 19.7 Å². The van der Waals surface area contributed by atoms with Crippen LogP contribution < -0.4 is 5.56 Å². The molecule has 0 aliphatic carbocycles. The molecule has 2 saturated heterocycles. The van der Waals surface area contributed by atoms with Crippen LogP contribution in [-0.4, -0.2) is 55.9 Å². The minimum Gasteiger partial charge on any atom is -0.376 e. The van der Waals surface area contributed by atoms with E-state index in [0.29, 0.717) is 12.1 Å². The van der Waals surface area contributed by atoms with Crippen LogP contribution in [0, 0.1) is 13.8 Å². The van der Waals surface area contributed by atoms with Crippen molar-refractivity contribution in [3.05, 3.63) is 51.1 Å². The number of aromatic amines is 1. The number of benzene rings is 1. The van der Waals surface area contributed by atoms with Gasteiger partial charge in [-0.3, -0.25) is 9.69 Å². The van der Waals surface area contributed by atoms with Gasteiger partial charge in [-0.2, -0.15) is 0 Å². The minimum absolute atomic E-state index is 0.0679. The molecule has 4 heterocycles. The van der Waals surface area contributed by atoms with E-state index < -0.39 is 0 Å². The molecule has 1 N–H and O–H groups in total. The summed E-state index contributed by atoms with van der Waals surface area (Å²) in [6, 6.07) is 6.00. The standard InChI is InChI=1S/C23H30N6O2/c1-15-11-16(2)20-17(12-15)13-19(23(30)24-20)21(28-8-4-3-5-9-28)22-25-26-27-29(22)14-18-7-6-10-31-18/h11-13,18,21H,3-10,14H2,1-2H3,(H,24,30)/t18-,21+/m0/s1. The first-order chi connectivity index (χ1) is 15.1. The lowest BCUT2D eigenvalue weighted by atomic mass is 9.99. The van der Waals surface area contributed by atoms with Gasteiger partial charge in [0, 0.05) is 12.2 Å². The van der Waals surface area contributed by atoms with Crippen LogP contribution in [0.5, 0.6) is 0 Å². The first kappa shape index (κ1) is 20.3. The molecule has 31 heavy (non-hydrogen) atoms. The van der Waals surface area contributed by atoms with Crippen LogP contribution in [0.15, 0.2) is 23.0 Å². The molecule has 2 aliphatic rings. The summed E-state index contributed by atoms with van der Waals surface area (Å²) < 4.78 is 7.67. The summed E-state index contributed by atoms with van der Waals surface area (Å²) in [6.45, 7) is 7.40. The van der Waals surface area contributed by atoms with Gasteiger partial charge < -0.3 is 9.72 Å². The van der Waals surface area contributed by atoms with Gasteiger partial charge in [-0.05, 0) is 86.1 Å².